The van der Waals surface area contributed by atoms with Crippen molar-refractivity contribution in [2.75, 3.05) is 6.61 Å². The molecule has 0 aliphatic rings. The van der Waals surface area contributed by atoms with Gasteiger partial charge in [0.05, 0.1) is 6.61 Å². The van der Waals surface area contributed by atoms with E-state index in [9.17, 15) is 13.2 Å². The van der Waals surface area contributed by atoms with Gasteiger partial charge in [-0.3, -0.25) is 4.98 Å². The number of aromatic nitrogens is 3. The Bertz CT molecular complexity index is 885. The first kappa shape index (κ1) is 18.9. The minimum atomic E-state index is -4.66. The number of ether oxygens (including phenoxy) is 1. The maximum Gasteiger partial charge on any atom is 0.471 e. The highest BCUT2D eigenvalue weighted by Crippen LogP contribution is 2.32. The predicted molar refractivity (Wildman–Crippen MR) is 92.3 cm³/mol. The Morgan fingerprint density at radius 1 is 1.07 bits per heavy atom. The number of benzene rings is 1. The number of hydrogen-bond donors (Lipinski definition) is 0. The Morgan fingerprint density at radius 3 is 2.33 bits per heavy atom. The van der Waals surface area contributed by atoms with Crippen molar-refractivity contribution < 1.29 is 22.4 Å². The molecular weight excluding hydrogens is 359 g/mol. The van der Waals surface area contributed by atoms with Crippen LogP contribution in [-0.2, 0) is 12.6 Å². The summed E-state index contributed by atoms with van der Waals surface area (Å²) in [6, 6.07) is 7.31. The van der Waals surface area contributed by atoms with Crippen molar-refractivity contribution >= 4 is 0 Å². The van der Waals surface area contributed by atoms with E-state index in [2.05, 4.69) is 19.6 Å². The zero-order chi connectivity index (χ0) is 19.4. The largest absolute Gasteiger partial charge is 0.493 e. The SMILES string of the molecule is Cc1cc(-c2noc(C(F)(F)F)n2)cc(C)c1OCCCc1ccncc1. The number of pyridine rings is 1. The maximum absolute atomic E-state index is 12.6. The molecule has 0 spiro atoms. The number of nitrogens with zero attached hydrogens (tertiary/aromatic N) is 3. The first-order chi connectivity index (χ1) is 12.8. The summed E-state index contributed by atoms with van der Waals surface area (Å²) < 4.78 is 48.0. The molecule has 0 unspecified atom stereocenters. The van der Waals surface area contributed by atoms with Crippen molar-refractivity contribution in [1.82, 2.24) is 15.1 Å². The fourth-order valence-electron chi connectivity index (χ4n) is 2.76. The van der Waals surface area contributed by atoms with Crippen molar-refractivity contribution in [2.45, 2.75) is 32.9 Å². The second-order valence-electron chi connectivity index (χ2n) is 6.17. The standard InChI is InChI=1S/C19H18F3N3O2/c1-12-10-15(17-24-18(27-25-17)19(20,21)22)11-13(2)16(12)26-9-3-4-14-5-7-23-8-6-14/h5-8,10-11H,3-4,9H2,1-2H3. The highest BCUT2D eigenvalue weighted by molar-refractivity contribution is 5.61. The lowest BCUT2D eigenvalue weighted by Crippen LogP contribution is -2.05. The van der Waals surface area contributed by atoms with E-state index in [0.717, 1.165) is 24.0 Å². The Kier molecular flexibility index (Phi) is 5.43. The Balaban J connectivity index is 1.67. The Morgan fingerprint density at radius 2 is 1.74 bits per heavy atom. The second kappa shape index (κ2) is 7.77. The lowest BCUT2D eigenvalue weighted by atomic mass is 10.1. The highest BCUT2D eigenvalue weighted by Gasteiger charge is 2.38. The Hall–Kier alpha value is -2.90. The van der Waals surface area contributed by atoms with Crippen molar-refractivity contribution in [3.8, 4) is 17.1 Å². The fourth-order valence-corrected chi connectivity index (χ4v) is 2.76. The summed E-state index contributed by atoms with van der Waals surface area (Å²) in [6.45, 7) is 4.20. The van der Waals surface area contributed by atoms with Gasteiger partial charge in [-0.05, 0) is 67.6 Å². The molecule has 2 heterocycles. The van der Waals surface area contributed by atoms with E-state index in [0.29, 0.717) is 17.9 Å². The molecule has 0 atom stereocenters. The molecule has 0 N–H and O–H groups in total. The average Bonchev–Trinajstić information content (AvgIpc) is 3.12. The van der Waals surface area contributed by atoms with Crippen LogP contribution in [0, 0.1) is 13.8 Å². The molecule has 1 aromatic carbocycles. The highest BCUT2D eigenvalue weighted by atomic mass is 19.4. The number of alkyl halides is 3. The normalized spacial score (nSPS) is 11.6. The van der Waals surface area contributed by atoms with Crippen LogP contribution in [0.25, 0.3) is 11.4 Å². The van der Waals surface area contributed by atoms with Crippen LogP contribution in [0.5, 0.6) is 5.75 Å². The van der Waals surface area contributed by atoms with Crippen molar-refractivity contribution in [3.05, 3.63) is 59.2 Å². The van der Waals surface area contributed by atoms with E-state index in [4.69, 9.17) is 4.74 Å². The van der Waals surface area contributed by atoms with E-state index in [1.165, 1.54) is 5.56 Å². The molecule has 142 valence electrons. The molecule has 0 aliphatic carbocycles. The molecule has 0 amide bonds. The number of hydrogen-bond acceptors (Lipinski definition) is 5. The van der Waals surface area contributed by atoms with Crippen LogP contribution in [0.15, 0.2) is 41.2 Å². The summed E-state index contributed by atoms with van der Waals surface area (Å²) in [6.07, 6.45) is 0.566. The lowest BCUT2D eigenvalue weighted by molar-refractivity contribution is -0.159. The van der Waals surface area contributed by atoms with Gasteiger partial charge in [0.2, 0.25) is 5.82 Å². The van der Waals surface area contributed by atoms with Gasteiger partial charge in [-0.1, -0.05) is 5.16 Å². The first-order valence-corrected chi connectivity index (χ1v) is 8.39. The molecule has 3 aromatic rings. The summed E-state index contributed by atoms with van der Waals surface area (Å²) in [7, 11) is 0. The van der Waals surface area contributed by atoms with Gasteiger partial charge in [0.25, 0.3) is 0 Å². The van der Waals surface area contributed by atoms with Gasteiger partial charge < -0.3 is 9.26 Å². The van der Waals surface area contributed by atoms with Gasteiger partial charge in [0, 0.05) is 18.0 Å². The van der Waals surface area contributed by atoms with Gasteiger partial charge in [-0.15, -0.1) is 0 Å². The molecule has 0 fully saturated rings. The van der Waals surface area contributed by atoms with E-state index in [-0.39, 0.29) is 5.82 Å². The third-order valence-corrected chi connectivity index (χ3v) is 3.99. The Labute approximate surface area is 154 Å². The van der Waals surface area contributed by atoms with Crippen molar-refractivity contribution in [2.24, 2.45) is 0 Å². The smallest absolute Gasteiger partial charge is 0.471 e. The zero-order valence-electron chi connectivity index (χ0n) is 14.9. The first-order valence-electron chi connectivity index (χ1n) is 8.39. The summed E-state index contributed by atoms with van der Waals surface area (Å²) in [5.74, 6) is -0.741. The summed E-state index contributed by atoms with van der Waals surface area (Å²) in [4.78, 5) is 7.41. The van der Waals surface area contributed by atoms with Crippen molar-refractivity contribution in [3.63, 3.8) is 0 Å². The molecule has 0 aliphatic heterocycles. The maximum atomic E-state index is 12.6. The summed E-state index contributed by atoms with van der Waals surface area (Å²) in [5, 5.41) is 3.42. The van der Waals surface area contributed by atoms with E-state index in [1.807, 2.05) is 26.0 Å². The average molecular weight is 377 g/mol. The van der Waals surface area contributed by atoms with Gasteiger partial charge in [-0.2, -0.15) is 18.2 Å². The summed E-state index contributed by atoms with van der Waals surface area (Å²) in [5.41, 5.74) is 3.24. The van der Waals surface area contributed by atoms with Gasteiger partial charge in [0.15, 0.2) is 0 Å². The second-order valence-corrected chi connectivity index (χ2v) is 6.17. The third kappa shape index (κ3) is 4.64. The van der Waals surface area contributed by atoms with Crippen LogP contribution in [0.1, 0.15) is 29.0 Å². The quantitative estimate of drug-likeness (QED) is 0.579. The fraction of sp³-hybridized carbons (Fsp3) is 0.316. The van der Waals surface area contributed by atoms with Crippen LogP contribution in [-0.4, -0.2) is 21.7 Å². The van der Waals surface area contributed by atoms with Crippen LogP contribution in [0.2, 0.25) is 0 Å². The molecule has 0 radical (unpaired) electrons. The summed E-state index contributed by atoms with van der Waals surface area (Å²) >= 11 is 0. The third-order valence-electron chi connectivity index (χ3n) is 3.99. The molecular formula is C19H18F3N3O2. The lowest BCUT2D eigenvalue weighted by Gasteiger charge is -2.13. The van der Waals surface area contributed by atoms with Crippen LogP contribution in [0.4, 0.5) is 13.2 Å². The minimum absolute atomic E-state index is 0.0993. The minimum Gasteiger partial charge on any atom is -0.493 e. The monoisotopic (exact) mass is 377 g/mol. The topological polar surface area (TPSA) is 61.0 Å². The van der Waals surface area contributed by atoms with E-state index < -0.39 is 12.1 Å². The van der Waals surface area contributed by atoms with E-state index in [1.54, 1.807) is 24.5 Å². The number of rotatable bonds is 6. The predicted octanol–water partition coefficient (Wildman–Crippen LogP) is 4.78. The zero-order valence-corrected chi connectivity index (χ0v) is 14.9. The van der Waals surface area contributed by atoms with Crippen LogP contribution >= 0.6 is 0 Å². The molecule has 0 saturated heterocycles. The van der Waals surface area contributed by atoms with Gasteiger partial charge >= 0.3 is 12.1 Å². The molecule has 2 aromatic heterocycles. The molecule has 27 heavy (non-hydrogen) atoms. The van der Waals surface area contributed by atoms with E-state index >= 15 is 0 Å². The van der Waals surface area contributed by atoms with Crippen LogP contribution < -0.4 is 4.74 Å². The van der Waals surface area contributed by atoms with Gasteiger partial charge in [0.1, 0.15) is 5.75 Å². The number of aryl methyl sites for hydroxylation is 3. The molecule has 3 rings (SSSR count). The van der Waals surface area contributed by atoms with Gasteiger partial charge in [-0.25, -0.2) is 0 Å². The molecule has 0 saturated carbocycles. The molecule has 5 nitrogen and oxygen atoms in total. The molecule has 8 heteroatoms. The van der Waals surface area contributed by atoms with Crippen molar-refractivity contribution in [1.29, 1.82) is 0 Å². The number of halogens is 3. The van der Waals surface area contributed by atoms with Crippen LogP contribution in [0.3, 0.4) is 0 Å². The molecule has 0 bridgehead atoms.